The highest BCUT2D eigenvalue weighted by atomic mass is 16.5. The molecular weight excluding hydrogens is 532 g/mol. The maximum atomic E-state index is 11.6. The molecule has 5 rings (SSSR count). The molecule has 1 aliphatic heterocycles. The van der Waals surface area contributed by atoms with Crippen LogP contribution >= 0.6 is 0 Å². The van der Waals surface area contributed by atoms with Gasteiger partial charge in [0.25, 0.3) is 0 Å². The lowest BCUT2D eigenvalue weighted by atomic mass is 9.85. The van der Waals surface area contributed by atoms with Crippen molar-refractivity contribution in [1.29, 1.82) is 0 Å². The van der Waals surface area contributed by atoms with E-state index in [1.54, 1.807) is 26.2 Å². The SMILES string of the molecule is CCOc1ccccc1O[C@@H]1CCCN(c2ccnc(Nc3nccc(-c4cccc(CC(C)(C)C(=O)O)c4)n3)n2)C1. The summed E-state index contributed by atoms with van der Waals surface area (Å²) >= 11 is 0. The Hall–Kier alpha value is -4.73. The first-order chi connectivity index (χ1) is 20.3. The van der Waals surface area contributed by atoms with Crippen molar-refractivity contribution in [2.75, 3.05) is 29.9 Å². The predicted molar refractivity (Wildman–Crippen MR) is 161 cm³/mol. The van der Waals surface area contributed by atoms with E-state index >= 15 is 0 Å². The molecule has 0 spiro atoms. The smallest absolute Gasteiger partial charge is 0.309 e. The van der Waals surface area contributed by atoms with E-state index in [1.807, 2.05) is 67.6 Å². The fraction of sp³-hybridized carbons (Fsp3) is 0.344. The van der Waals surface area contributed by atoms with Crippen LogP contribution in [-0.2, 0) is 11.2 Å². The molecule has 42 heavy (non-hydrogen) atoms. The van der Waals surface area contributed by atoms with E-state index in [2.05, 4.69) is 25.2 Å². The number of carboxylic acid groups (broad SMARTS) is 1. The predicted octanol–water partition coefficient (Wildman–Crippen LogP) is 5.78. The van der Waals surface area contributed by atoms with Gasteiger partial charge in [0, 0.05) is 24.5 Å². The van der Waals surface area contributed by atoms with Gasteiger partial charge in [0.2, 0.25) is 11.9 Å². The van der Waals surface area contributed by atoms with E-state index in [0.29, 0.717) is 37.2 Å². The lowest BCUT2D eigenvalue weighted by Gasteiger charge is -2.34. The molecule has 0 radical (unpaired) electrons. The number of ether oxygens (including phenoxy) is 2. The fourth-order valence-corrected chi connectivity index (χ4v) is 4.94. The number of hydrogen-bond donors (Lipinski definition) is 2. The molecule has 0 aliphatic carbocycles. The molecule has 0 saturated carbocycles. The topological polar surface area (TPSA) is 123 Å². The molecule has 10 heteroatoms. The number of anilines is 3. The standard InChI is InChI=1S/C32H36N6O4/c1-4-41-26-12-5-6-13-27(26)42-24-11-8-18-38(21-24)28-15-17-34-31(36-28)37-30-33-16-14-25(35-30)23-10-7-9-22(19-23)20-32(2,3)29(39)40/h5-7,9-10,12-17,19,24H,4,8,11,18,20-21H2,1-3H3,(H,39,40)(H,33,34,35,36,37)/t24-/m1/s1. The van der Waals surface area contributed by atoms with Crippen LogP contribution in [0.4, 0.5) is 17.7 Å². The number of para-hydroxylation sites is 2. The highest BCUT2D eigenvalue weighted by Gasteiger charge is 2.27. The first-order valence-corrected chi connectivity index (χ1v) is 14.2. The fourth-order valence-electron chi connectivity index (χ4n) is 4.94. The van der Waals surface area contributed by atoms with E-state index < -0.39 is 11.4 Å². The largest absolute Gasteiger partial charge is 0.490 e. The summed E-state index contributed by atoms with van der Waals surface area (Å²) in [5, 5.41) is 12.7. The number of carbonyl (C=O) groups is 1. The van der Waals surface area contributed by atoms with Crippen molar-refractivity contribution in [2.45, 2.75) is 46.1 Å². The number of benzene rings is 2. The quantitative estimate of drug-likeness (QED) is 0.230. The van der Waals surface area contributed by atoms with Gasteiger partial charge < -0.3 is 19.5 Å². The molecule has 2 N–H and O–H groups in total. The minimum absolute atomic E-state index is 0.00332. The number of nitrogens with zero attached hydrogens (tertiary/aromatic N) is 5. The molecule has 218 valence electrons. The van der Waals surface area contributed by atoms with Gasteiger partial charge in [-0.2, -0.15) is 4.98 Å². The molecule has 1 fully saturated rings. The second kappa shape index (κ2) is 12.8. The molecule has 2 aromatic carbocycles. The van der Waals surface area contributed by atoms with Gasteiger partial charge in [0.15, 0.2) is 11.5 Å². The number of nitrogens with one attached hydrogen (secondary N) is 1. The maximum absolute atomic E-state index is 11.6. The van der Waals surface area contributed by atoms with Gasteiger partial charge >= 0.3 is 5.97 Å². The van der Waals surface area contributed by atoms with Gasteiger partial charge in [-0.15, -0.1) is 0 Å². The van der Waals surface area contributed by atoms with Gasteiger partial charge in [-0.05, 0) is 75.9 Å². The molecule has 0 bridgehead atoms. The maximum Gasteiger partial charge on any atom is 0.309 e. The number of piperidine rings is 1. The zero-order chi connectivity index (χ0) is 29.5. The summed E-state index contributed by atoms with van der Waals surface area (Å²) < 4.78 is 12.1. The monoisotopic (exact) mass is 568 g/mol. The lowest BCUT2D eigenvalue weighted by molar-refractivity contribution is -0.146. The molecule has 0 unspecified atom stereocenters. The van der Waals surface area contributed by atoms with Crippen LogP contribution in [0.3, 0.4) is 0 Å². The van der Waals surface area contributed by atoms with Gasteiger partial charge in [0.05, 0.1) is 24.3 Å². The highest BCUT2D eigenvalue weighted by Crippen LogP contribution is 2.30. The molecule has 1 atom stereocenters. The van der Waals surface area contributed by atoms with E-state index in [0.717, 1.165) is 47.8 Å². The van der Waals surface area contributed by atoms with Crippen molar-refractivity contribution in [2.24, 2.45) is 5.41 Å². The number of rotatable bonds is 11. The third-order valence-corrected chi connectivity index (χ3v) is 7.11. The second-order valence-corrected chi connectivity index (χ2v) is 10.9. The van der Waals surface area contributed by atoms with Crippen molar-refractivity contribution in [3.8, 4) is 22.8 Å². The van der Waals surface area contributed by atoms with Crippen LogP contribution in [0.2, 0.25) is 0 Å². The minimum Gasteiger partial charge on any atom is -0.490 e. The molecule has 3 heterocycles. The van der Waals surface area contributed by atoms with Gasteiger partial charge in [-0.3, -0.25) is 10.1 Å². The number of aliphatic carboxylic acids is 1. The average Bonchev–Trinajstić information content (AvgIpc) is 2.99. The van der Waals surface area contributed by atoms with Crippen LogP contribution in [0, 0.1) is 5.41 Å². The van der Waals surface area contributed by atoms with Gasteiger partial charge in [-0.1, -0.05) is 30.3 Å². The van der Waals surface area contributed by atoms with Crippen molar-refractivity contribution in [3.63, 3.8) is 0 Å². The molecule has 1 aliphatic rings. The number of aromatic nitrogens is 4. The minimum atomic E-state index is -0.867. The Labute approximate surface area is 245 Å². The summed E-state index contributed by atoms with van der Waals surface area (Å²) in [7, 11) is 0. The Morgan fingerprint density at radius 2 is 1.79 bits per heavy atom. The summed E-state index contributed by atoms with van der Waals surface area (Å²) in [5.41, 5.74) is 1.64. The third-order valence-electron chi connectivity index (χ3n) is 7.11. The van der Waals surface area contributed by atoms with Crippen LogP contribution in [0.25, 0.3) is 11.3 Å². The Balaban J connectivity index is 1.27. The van der Waals surface area contributed by atoms with Crippen LogP contribution in [0.15, 0.2) is 73.1 Å². The second-order valence-electron chi connectivity index (χ2n) is 10.9. The average molecular weight is 569 g/mol. The van der Waals surface area contributed by atoms with E-state index in [1.165, 1.54) is 0 Å². The molecule has 0 amide bonds. The molecule has 2 aromatic heterocycles. The molecule has 1 saturated heterocycles. The molecular formula is C32H36N6O4. The summed E-state index contributed by atoms with van der Waals surface area (Å²) in [6.07, 6.45) is 5.73. The Kier molecular flexibility index (Phi) is 8.80. The molecule has 10 nitrogen and oxygen atoms in total. The Morgan fingerprint density at radius 3 is 2.57 bits per heavy atom. The Bertz CT molecular complexity index is 1530. The first-order valence-electron chi connectivity index (χ1n) is 14.2. The van der Waals surface area contributed by atoms with Crippen molar-refractivity contribution in [3.05, 3.63) is 78.6 Å². The van der Waals surface area contributed by atoms with Gasteiger partial charge in [-0.25, -0.2) is 15.0 Å². The van der Waals surface area contributed by atoms with Crippen LogP contribution in [-0.4, -0.2) is 56.8 Å². The normalized spacial score (nSPS) is 15.2. The Morgan fingerprint density at radius 1 is 1.02 bits per heavy atom. The third kappa shape index (κ3) is 7.12. The summed E-state index contributed by atoms with van der Waals surface area (Å²) in [4.78, 5) is 32.0. The summed E-state index contributed by atoms with van der Waals surface area (Å²) in [6, 6.07) is 19.2. The summed E-state index contributed by atoms with van der Waals surface area (Å²) in [5.74, 6) is 2.24. The summed E-state index contributed by atoms with van der Waals surface area (Å²) in [6.45, 7) is 7.55. The van der Waals surface area contributed by atoms with Crippen LogP contribution in [0.1, 0.15) is 39.2 Å². The van der Waals surface area contributed by atoms with E-state index in [-0.39, 0.29) is 6.10 Å². The zero-order valence-corrected chi connectivity index (χ0v) is 24.2. The van der Waals surface area contributed by atoms with Crippen molar-refractivity contribution >= 4 is 23.7 Å². The van der Waals surface area contributed by atoms with Crippen LogP contribution < -0.4 is 19.7 Å². The van der Waals surface area contributed by atoms with E-state index in [9.17, 15) is 9.90 Å². The highest BCUT2D eigenvalue weighted by molar-refractivity contribution is 5.74. The lowest BCUT2D eigenvalue weighted by Crippen LogP contribution is -2.41. The van der Waals surface area contributed by atoms with Crippen LogP contribution in [0.5, 0.6) is 11.5 Å². The van der Waals surface area contributed by atoms with Crippen molar-refractivity contribution < 1.29 is 19.4 Å². The van der Waals surface area contributed by atoms with E-state index in [4.69, 9.17) is 14.5 Å². The van der Waals surface area contributed by atoms with Gasteiger partial charge in [0.1, 0.15) is 11.9 Å². The molecule has 4 aromatic rings. The first kappa shape index (κ1) is 28.8. The van der Waals surface area contributed by atoms with Crippen molar-refractivity contribution in [1.82, 2.24) is 19.9 Å². The number of carboxylic acids is 1. The number of hydrogen-bond acceptors (Lipinski definition) is 9. The zero-order valence-electron chi connectivity index (χ0n) is 24.2.